The highest BCUT2D eigenvalue weighted by Crippen LogP contribution is 2.39. The zero-order valence-electron chi connectivity index (χ0n) is 12.1. The van der Waals surface area contributed by atoms with Crippen LogP contribution >= 0.6 is 7.82 Å². The van der Waals surface area contributed by atoms with Crippen molar-refractivity contribution in [3.63, 3.8) is 0 Å². The SMILES string of the molecule is NC1=NC(N)c2ncn(C3OC(COP(=O)(O)O)C(O)C3O)c2N1. The lowest BCUT2D eigenvalue weighted by Gasteiger charge is -2.22. The van der Waals surface area contributed by atoms with Crippen LogP contribution in [0.25, 0.3) is 0 Å². The second kappa shape index (κ2) is 6.06. The van der Waals surface area contributed by atoms with Gasteiger partial charge in [-0.25, -0.2) is 14.5 Å². The van der Waals surface area contributed by atoms with Crippen molar-refractivity contribution in [3.8, 4) is 0 Å². The fourth-order valence-corrected chi connectivity index (χ4v) is 2.89. The molecular weight excluding hydrogens is 347 g/mol. The monoisotopic (exact) mass is 364 g/mol. The highest BCUT2D eigenvalue weighted by Gasteiger charge is 2.45. The van der Waals surface area contributed by atoms with Crippen molar-refractivity contribution in [1.82, 2.24) is 9.55 Å². The van der Waals surface area contributed by atoms with Crippen molar-refractivity contribution in [1.29, 1.82) is 0 Å². The Labute approximate surface area is 135 Å². The molecule has 0 saturated carbocycles. The van der Waals surface area contributed by atoms with Crippen molar-refractivity contribution >= 4 is 19.6 Å². The predicted octanol–water partition coefficient (Wildman–Crippen LogP) is -2.69. The number of aliphatic imine (C=N–C) groups is 1. The molecular formula is C10H17N6O7P. The number of hydrogen-bond acceptors (Lipinski definition) is 10. The number of fused-ring (bicyclic) bond motifs is 1. The van der Waals surface area contributed by atoms with Crippen LogP contribution in [-0.2, 0) is 13.8 Å². The largest absolute Gasteiger partial charge is 0.469 e. The highest BCUT2D eigenvalue weighted by atomic mass is 31.2. The van der Waals surface area contributed by atoms with E-state index in [0.717, 1.165) is 0 Å². The number of phosphoric ester groups is 1. The van der Waals surface area contributed by atoms with Crippen molar-refractivity contribution in [2.75, 3.05) is 11.9 Å². The fourth-order valence-electron chi connectivity index (χ4n) is 2.55. The normalized spacial score (nSPS) is 33.0. The van der Waals surface area contributed by atoms with Gasteiger partial charge in [-0.05, 0) is 0 Å². The maximum Gasteiger partial charge on any atom is 0.469 e. The van der Waals surface area contributed by atoms with Gasteiger partial charge in [0.2, 0.25) is 0 Å². The number of nitrogens with zero attached hydrogens (tertiary/aromatic N) is 3. The van der Waals surface area contributed by atoms with Gasteiger partial charge in [0.05, 0.1) is 12.9 Å². The molecule has 0 aliphatic carbocycles. The molecule has 9 N–H and O–H groups in total. The number of aliphatic hydroxyl groups is 2. The van der Waals surface area contributed by atoms with Crippen molar-refractivity contribution in [2.24, 2.45) is 16.5 Å². The smallest absolute Gasteiger partial charge is 0.387 e. The molecule has 0 amide bonds. The molecule has 3 heterocycles. The Bertz CT molecular complexity index is 704. The Balaban J connectivity index is 1.80. The Hall–Kier alpha value is -1.57. The van der Waals surface area contributed by atoms with Gasteiger partial charge in [-0.2, -0.15) is 0 Å². The molecule has 24 heavy (non-hydrogen) atoms. The molecule has 3 rings (SSSR count). The molecule has 0 radical (unpaired) electrons. The number of nitrogens with one attached hydrogen (secondary N) is 1. The van der Waals surface area contributed by atoms with E-state index < -0.39 is 45.1 Å². The molecule has 0 bridgehead atoms. The predicted molar refractivity (Wildman–Crippen MR) is 78.3 cm³/mol. The number of anilines is 1. The first-order valence-electron chi connectivity index (χ1n) is 6.81. The molecule has 5 unspecified atom stereocenters. The summed E-state index contributed by atoms with van der Waals surface area (Å²) in [4.78, 5) is 25.4. The summed E-state index contributed by atoms with van der Waals surface area (Å²) in [6.45, 7) is -0.605. The molecule has 1 fully saturated rings. The minimum absolute atomic E-state index is 0.0474. The maximum absolute atomic E-state index is 10.8. The lowest BCUT2D eigenvalue weighted by atomic mass is 10.1. The van der Waals surface area contributed by atoms with Gasteiger partial charge < -0.3 is 41.5 Å². The van der Waals surface area contributed by atoms with E-state index in [1.807, 2.05) is 0 Å². The Morgan fingerprint density at radius 3 is 2.79 bits per heavy atom. The maximum atomic E-state index is 10.8. The van der Waals surface area contributed by atoms with Gasteiger partial charge in [0.1, 0.15) is 36.0 Å². The van der Waals surface area contributed by atoms with Crippen LogP contribution in [0.3, 0.4) is 0 Å². The van der Waals surface area contributed by atoms with Crippen molar-refractivity contribution < 1.29 is 33.8 Å². The Morgan fingerprint density at radius 2 is 2.12 bits per heavy atom. The fraction of sp³-hybridized carbons (Fsp3) is 0.600. The number of imidazole rings is 1. The first-order chi connectivity index (χ1) is 11.2. The van der Waals surface area contributed by atoms with Gasteiger partial charge in [-0.15, -0.1) is 0 Å². The topological polar surface area (TPSA) is 211 Å². The number of guanidine groups is 1. The van der Waals surface area contributed by atoms with E-state index in [9.17, 15) is 14.8 Å². The summed E-state index contributed by atoms with van der Waals surface area (Å²) in [6.07, 6.45) is -4.54. The molecule has 2 aliphatic heterocycles. The molecule has 0 spiro atoms. The van der Waals surface area contributed by atoms with Gasteiger partial charge in [0.15, 0.2) is 12.2 Å². The van der Waals surface area contributed by atoms with Gasteiger partial charge in [-0.1, -0.05) is 0 Å². The van der Waals surface area contributed by atoms with Crippen LogP contribution in [0.15, 0.2) is 11.3 Å². The second-order valence-corrected chi connectivity index (χ2v) is 6.54. The Morgan fingerprint density at radius 1 is 1.42 bits per heavy atom. The van der Waals surface area contributed by atoms with E-state index >= 15 is 0 Å². The third kappa shape index (κ3) is 3.16. The van der Waals surface area contributed by atoms with Crippen molar-refractivity contribution in [3.05, 3.63) is 12.0 Å². The quantitative estimate of drug-likeness (QED) is 0.273. The number of hydrogen-bond donors (Lipinski definition) is 7. The first-order valence-corrected chi connectivity index (χ1v) is 8.34. The van der Waals surface area contributed by atoms with Crippen LogP contribution in [0.1, 0.15) is 18.1 Å². The number of ether oxygens (including phenoxy) is 1. The first kappa shape index (κ1) is 17.3. The van der Waals surface area contributed by atoms with Gasteiger partial charge >= 0.3 is 7.82 Å². The van der Waals surface area contributed by atoms with Crippen LogP contribution in [0.4, 0.5) is 5.82 Å². The lowest BCUT2D eigenvalue weighted by Crippen LogP contribution is -2.35. The van der Waals surface area contributed by atoms with Gasteiger partial charge in [-0.3, -0.25) is 9.09 Å². The van der Waals surface area contributed by atoms with E-state index in [2.05, 4.69) is 19.8 Å². The molecule has 0 aromatic carbocycles. The van der Waals surface area contributed by atoms with Crippen molar-refractivity contribution in [2.45, 2.75) is 30.7 Å². The van der Waals surface area contributed by atoms with Gasteiger partial charge in [0, 0.05) is 0 Å². The lowest BCUT2D eigenvalue weighted by molar-refractivity contribution is -0.0511. The standard InChI is InChI=1S/C10H17N6O7P/c11-7-4-8(15-10(12)14-7)16(2-13-4)9-6(18)5(17)3(23-9)1-22-24(19,20)21/h2-3,5-7,9,17-18H,1,11H2,(H3,12,14,15)(H2,19,20,21). The number of aromatic nitrogens is 2. The molecule has 5 atom stereocenters. The number of phosphoric acid groups is 1. The van der Waals surface area contributed by atoms with Crippen LogP contribution in [0.2, 0.25) is 0 Å². The van der Waals surface area contributed by atoms with E-state index in [4.69, 9.17) is 26.0 Å². The minimum atomic E-state index is -4.73. The third-order valence-corrected chi connectivity index (χ3v) is 4.13. The average molecular weight is 364 g/mol. The molecule has 2 aliphatic rings. The summed E-state index contributed by atoms with van der Waals surface area (Å²) in [5.74, 6) is 0.383. The molecule has 1 saturated heterocycles. The molecule has 1 aromatic rings. The summed E-state index contributed by atoms with van der Waals surface area (Å²) < 4.78 is 21.9. The zero-order valence-corrected chi connectivity index (χ0v) is 13.0. The summed E-state index contributed by atoms with van der Waals surface area (Å²) >= 11 is 0. The summed E-state index contributed by atoms with van der Waals surface area (Å²) in [6, 6.07) is 0. The number of nitrogens with two attached hydrogens (primary N) is 2. The highest BCUT2D eigenvalue weighted by molar-refractivity contribution is 7.46. The molecule has 13 nitrogen and oxygen atoms in total. The summed E-state index contributed by atoms with van der Waals surface area (Å²) in [5.41, 5.74) is 11.8. The summed E-state index contributed by atoms with van der Waals surface area (Å²) in [5, 5.41) is 22.9. The van der Waals surface area contributed by atoms with E-state index in [0.29, 0.717) is 11.5 Å². The number of rotatable bonds is 4. The average Bonchev–Trinajstić information content (AvgIpc) is 3.00. The third-order valence-electron chi connectivity index (χ3n) is 3.65. The minimum Gasteiger partial charge on any atom is -0.387 e. The Kier molecular flexibility index (Phi) is 4.36. The van der Waals surface area contributed by atoms with E-state index in [-0.39, 0.29) is 5.96 Å². The zero-order chi connectivity index (χ0) is 17.6. The van der Waals surface area contributed by atoms with E-state index in [1.54, 1.807) is 0 Å². The number of aliphatic hydroxyl groups excluding tert-OH is 2. The summed E-state index contributed by atoms with van der Waals surface area (Å²) in [7, 11) is -4.73. The van der Waals surface area contributed by atoms with Crippen LogP contribution < -0.4 is 16.8 Å². The van der Waals surface area contributed by atoms with Crippen LogP contribution in [0, 0.1) is 0 Å². The molecule has 14 heteroatoms. The van der Waals surface area contributed by atoms with Gasteiger partial charge in [0.25, 0.3) is 0 Å². The molecule has 1 aromatic heterocycles. The van der Waals surface area contributed by atoms with Crippen LogP contribution in [-0.4, -0.2) is 60.4 Å². The van der Waals surface area contributed by atoms with Crippen LogP contribution in [0.5, 0.6) is 0 Å². The van der Waals surface area contributed by atoms with E-state index in [1.165, 1.54) is 10.9 Å². The molecule has 134 valence electrons. The second-order valence-electron chi connectivity index (χ2n) is 5.30.